The van der Waals surface area contributed by atoms with E-state index in [1.54, 1.807) is 20.8 Å². The van der Waals surface area contributed by atoms with Gasteiger partial charge in [0.2, 0.25) is 0 Å². The first-order valence-electron chi connectivity index (χ1n) is 4.56. The van der Waals surface area contributed by atoms with Gasteiger partial charge in [0.15, 0.2) is 0 Å². The molecule has 0 unspecified atom stereocenters. The minimum Gasteiger partial charge on any atom is -0.488 e. The van der Waals surface area contributed by atoms with Crippen LogP contribution in [0.15, 0.2) is 18.2 Å². The van der Waals surface area contributed by atoms with E-state index >= 15 is 0 Å². The van der Waals surface area contributed by atoms with Gasteiger partial charge in [0.05, 0.1) is 5.56 Å². The van der Waals surface area contributed by atoms with Crippen LogP contribution in [0.4, 0.5) is 13.2 Å². The van der Waals surface area contributed by atoms with Crippen LogP contribution in [-0.2, 0) is 0 Å². The van der Waals surface area contributed by atoms with Crippen molar-refractivity contribution in [3.05, 3.63) is 29.6 Å². The summed E-state index contributed by atoms with van der Waals surface area (Å²) in [5, 5.41) is 0. The summed E-state index contributed by atoms with van der Waals surface area (Å²) in [6, 6.07) is 3.36. The highest BCUT2D eigenvalue weighted by molar-refractivity contribution is 5.31. The van der Waals surface area contributed by atoms with E-state index in [-0.39, 0.29) is 5.75 Å². The zero-order valence-electron chi connectivity index (χ0n) is 8.85. The maximum atomic E-state index is 12.9. The molecule has 0 fully saturated rings. The van der Waals surface area contributed by atoms with Gasteiger partial charge in [-0.2, -0.15) is 0 Å². The first kappa shape index (κ1) is 11.9. The van der Waals surface area contributed by atoms with Gasteiger partial charge in [0.1, 0.15) is 17.2 Å². The molecular weight excluding hydrogens is 205 g/mol. The second kappa shape index (κ2) is 4.13. The van der Waals surface area contributed by atoms with Crippen molar-refractivity contribution in [1.29, 1.82) is 0 Å². The monoisotopic (exact) mass is 218 g/mol. The van der Waals surface area contributed by atoms with E-state index in [4.69, 9.17) is 4.74 Å². The lowest BCUT2D eigenvalue weighted by Crippen LogP contribution is -2.23. The van der Waals surface area contributed by atoms with Gasteiger partial charge in [0, 0.05) is 0 Å². The van der Waals surface area contributed by atoms with E-state index in [9.17, 15) is 13.2 Å². The Bertz CT molecular complexity index is 342. The van der Waals surface area contributed by atoms with Gasteiger partial charge in [-0.05, 0) is 39.0 Å². The van der Waals surface area contributed by atoms with Crippen molar-refractivity contribution < 1.29 is 17.9 Å². The molecule has 1 aromatic rings. The fraction of sp³-hybridized carbons (Fsp3) is 0.455. The smallest absolute Gasteiger partial charge is 0.266 e. The Morgan fingerprint density at radius 3 is 2.27 bits per heavy atom. The second-order valence-corrected chi connectivity index (χ2v) is 4.20. The van der Waals surface area contributed by atoms with Crippen LogP contribution in [-0.4, -0.2) is 5.60 Å². The van der Waals surface area contributed by atoms with Crippen LogP contribution in [0.3, 0.4) is 0 Å². The molecule has 84 valence electrons. The molecule has 0 amide bonds. The summed E-state index contributed by atoms with van der Waals surface area (Å²) >= 11 is 0. The summed E-state index contributed by atoms with van der Waals surface area (Å²) in [5.41, 5.74) is -1.12. The van der Waals surface area contributed by atoms with E-state index in [1.165, 1.54) is 6.07 Å². The zero-order chi connectivity index (χ0) is 11.6. The van der Waals surface area contributed by atoms with Crippen LogP contribution in [0.1, 0.15) is 32.8 Å². The van der Waals surface area contributed by atoms with Gasteiger partial charge >= 0.3 is 0 Å². The molecule has 0 aliphatic heterocycles. The number of hydrogen-bond donors (Lipinski definition) is 0. The maximum Gasteiger partial charge on any atom is 0.266 e. The molecule has 0 aliphatic carbocycles. The van der Waals surface area contributed by atoms with Crippen LogP contribution in [0.25, 0.3) is 0 Å². The van der Waals surface area contributed by atoms with Crippen molar-refractivity contribution in [3.63, 3.8) is 0 Å². The van der Waals surface area contributed by atoms with Crippen LogP contribution in [0.5, 0.6) is 5.75 Å². The Morgan fingerprint density at radius 1 is 1.20 bits per heavy atom. The molecule has 0 saturated carbocycles. The second-order valence-electron chi connectivity index (χ2n) is 4.20. The Balaban J connectivity index is 2.98. The molecule has 0 aromatic heterocycles. The van der Waals surface area contributed by atoms with E-state index < -0.39 is 23.4 Å². The lowest BCUT2D eigenvalue weighted by molar-refractivity contribution is 0.125. The van der Waals surface area contributed by atoms with Crippen molar-refractivity contribution in [2.75, 3.05) is 0 Å². The predicted molar refractivity (Wildman–Crippen MR) is 51.7 cm³/mol. The van der Waals surface area contributed by atoms with Gasteiger partial charge in [-0.1, -0.05) is 0 Å². The van der Waals surface area contributed by atoms with Crippen LogP contribution >= 0.6 is 0 Å². The quantitative estimate of drug-likeness (QED) is 0.730. The summed E-state index contributed by atoms with van der Waals surface area (Å²) in [5.74, 6) is -0.662. The number of benzene rings is 1. The fourth-order valence-corrected chi connectivity index (χ4v) is 1.11. The standard InChI is InChI=1S/C11H13F3O/c1-11(2,3)15-7-4-5-9(12)8(6-7)10(13)14/h4-6,10H,1-3H3. The van der Waals surface area contributed by atoms with Gasteiger partial charge in [-0.3, -0.25) is 0 Å². The van der Waals surface area contributed by atoms with Crippen molar-refractivity contribution in [3.8, 4) is 5.75 Å². The highest BCUT2D eigenvalue weighted by Gasteiger charge is 2.17. The molecule has 1 aromatic carbocycles. The number of halogens is 3. The predicted octanol–water partition coefficient (Wildman–Crippen LogP) is 3.94. The SMILES string of the molecule is CC(C)(C)Oc1ccc(F)c(C(F)F)c1. The minimum absolute atomic E-state index is 0.249. The summed E-state index contributed by atoms with van der Waals surface area (Å²) < 4.78 is 43.0. The summed E-state index contributed by atoms with van der Waals surface area (Å²) in [7, 11) is 0. The van der Waals surface area contributed by atoms with Crippen molar-refractivity contribution in [2.45, 2.75) is 32.8 Å². The van der Waals surface area contributed by atoms with E-state index in [2.05, 4.69) is 0 Å². The van der Waals surface area contributed by atoms with Crippen molar-refractivity contribution in [1.82, 2.24) is 0 Å². The Hall–Kier alpha value is -1.19. The van der Waals surface area contributed by atoms with Gasteiger partial charge in [0.25, 0.3) is 6.43 Å². The number of rotatable bonds is 2. The molecule has 0 saturated heterocycles. The molecule has 0 spiro atoms. The van der Waals surface area contributed by atoms with Gasteiger partial charge in [-0.25, -0.2) is 13.2 Å². The molecule has 1 rings (SSSR count). The van der Waals surface area contributed by atoms with E-state index in [0.717, 1.165) is 12.1 Å². The van der Waals surface area contributed by atoms with E-state index in [1.807, 2.05) is 0 Å². The third-order valence-corrected chi connectivity index (χ3v) is 1.63. The summed E-state index contributed by atoms with van der Waals surface area (Å²) in [6.07, 6.45) is -2.83. The third kappa shape index (κ3) is 3.46. The number of alkyl halides is 2. The lowest BCUT2D eigenvalue weighted by Gasteiger charge is -2.21. The fourth-order valence-electron chi connectivity index (χ4n) is 1.11. The molecule has 0 aliphatic rings. The highest BCUT2D eigenvalue weighted by atomic mass is 19.3. The number of ether oxygens (including phenoxy) is 1. The molecule has 0 atom stereocenters. The van der Waals surface area contributed by atoms with Crippen LogP contribution < -0.4 is 4.74 Å². The van der Waals surface area contributed by atoms with Crippen molar-refractivity contribution in [2.24, 2.45) is 0 Å². The molecule has 0 heterocycles. The Kier molecular flexibility index (Phi) is 3.27. The molecular formula is C11H13F3O. The normalized spacial score (nSPS) is 11.9. The van der Waals surface area contributed by atoms with Crippen LogP contribution in [0, 0.1) is 5.82 Å². The molecule has 0 radical (unpaired) electrons. The topological polar surface area (TPSA) is 9.23 Å². The average Bonchev–Trinajstić information content (AvgIpc) is 2.05. The largest absolute Gasteiger partial charge is 0.488 e. The molecule has 4 heteroatoms. The van der Waals surface area contributed by atoms with Crippen LogP contribution in [0.2, 0.25) is 0 Å². The van der Waals surface area contributed by atoms with Gasteiger partial charge < -0.3 is 4.74 Å². The molecule has 1 nitrogen and oxygen atoms in total. The zero-order valence-corrected chi connectivity index (χ0v) is 8.85. The molecule has 0 bridgehead atoms. The molecule has 15 heavy (non-hydrogen) atoms. The van der Waals surface area contributed by atoms with Crippen molar-refractivity contribution >= 4 is 0 Å². The molecule has 0 N–H and O–H groups in total. The summed E-state index contributed by atoms with van der Waals surface area (Å²) in [6.45, 7) is 5.37. The Morgan fingerprint density at radius 2 is 1.80 bits per heavy atom. The highest BCUT2D eigenvalue weighted by Crippen LogP contribution is 2.27. The third-order valence-electron chi connectivity index (χ3n) is 1.63. The van der Waals surface area contributed by atoms with Gasteiger partial charge in [-0.15, -0.1) is 0 Å². The lowest BCUT2D eigenvalue weighted by atomic mass is 10.1. The minimum atomic E-state index is -2.83. The first-order valence-corrected chi connectivity index (χ1v) is 4.56. The Labute approximate surface area is 86.9 Å². The average molecular weight is 218 g/mol. The first-order chi connectivity index (χ1) is 6.79. The van der Waals surface area contributed by atoms with E-state index in [0.29, 0.717) is 0 Å². The summed E-state index contributed by atoms with van der Waals surface area (Å²) in [4.78, 5) is 0. The maximum absolute atomic E-state index is 12.9. The number of hydrogen-bond acceptors (Lipinski definition) is 1.